The number of rotatable bonds is 5. The third-order valence-corrected chi connectivity index (χ3v) is 4.63. The van der Waals surface area contributed by atoms with Crippen LogP contribution in [0.1, 0.15) is 43.4 Å². The van der Waals surface area contributed by atoms with Crippen LogP contribution in [-0.2, 0) is 0 Å². The fourth-order valence-corrected chi connectivity index (χ4v) is 3.59. The van der Waals surface area contributed by atoms with Gasteiger partial charge < -0.3 is 5.32 Å². The molecule has 1 aromatic carbocycles. The van der Waals surface area contributed by atoms with Crippen LogP contribution < -0.4 is 5.32 Å². The summed E-state index contributed by atoms with van der Waals surface area (Å²) in [5, 5.41) is 3.45. The maximum Gasteiger partial charge on any atom is 0.0360 e. The quantitative estimate of drug-likeness (QED) is 0.771. The molecule has 1 aromatic rings. The average molecular weight is 398 g/mol. The Morgan fingerprint density at radius 3 is 2.48 bits per heavy atom. The normalized spacial score (nSPS) is 16.7. The number of piperazine rings is 1. The smallest absolute Gasteiger partial charge is 0.0360 e. The van der Waals surface area contributed by atoms with Crippen molar-refractivity contribution >= 4 is 40.7 Å². The van der Waals surface area contributed by atoms with Crippen LogP contribution in [0, 0.1) is 6.92 Å². The summed E-state index contributed by atoms with van der Waals surface area (Å²) in [6.07, 6.45) is 3.83. The first-order valence-electron chi connectivity index (χ1n) is 7.43. The van der Waals surface area contributed by atoms with Crippen molar-refractivity contribution in [1.82, 2.24) is 10.2 Å². The molecule has 0 aliphatic carbocycles. The summed E-state index contributed by atoms with van der Waals surface area (Å²) in [5.41, 5.74) is 2.78. The van der Waals surface area contributed by atoms with E-state index in [4.69, 9.17) is 0 Å². The van der Waals surface area contributed by atoms with Gasteiger partial charge in [-0.05, 0) is 30.5 Å². The first-order chi connectivity index (χ1) is 9.22. The largest absolute Gasteiger partial charge is 0.314 e. The van der Waals surface area contributed by atoms with E-state index in [9.17, 15) is 0 Å². The van der Waals surface area contributed by atoms with Crippen LogP contribution in [0.2, 0.25) is 0 Å². The summed E-state index contributed by atoms with van der Waals surface area (Å²) in [5.74, 6) is 0. The zero-order valence-corrected chi connectivity index (χ0v) is 16.1. The molecule has 5 heteroatoms. The van der Waals surface area contributed by atoms with Gasteiger partial charge in [-0.3, -0.25) is 4.90 Å². The van der Waals surface area contributed by atoms with Crippen LogP contribution in [0.25, 0.3) is 0 Å². The lowest BCUT2D eigenvalue weighted by Gasteiger charge is -2.36. The molecule has 1 N–H and O–H groups in total. The van der Waals surface area contributed by atoms with Gasteiger partial charge in [-0.1, -0.05) is 47.8 Å². The van der Waals surface area contributed by atoms with Gasteiger partial charge in [0.1, 0.15) is 0 Å². The summed E-state index contributed by atoms with van der Waals surface area (Å²) >= 11 is 3.76. The fourth-order valence-electron chi connectivity index (χ4n) is 2.83. The van der Waals surface area contributed by atoms with Gasteiger partial charge in [-0.15, -0.1) is 24.8 Å². The second kappa shape index (κ2) is 10.8. The van der Waals surface area contributed by atoms with Crippen LogP contribution in [0.5, 0.6) is 0 Å². The van der Waals surface area contributed by atoms with Gasteiger partial charge in [0.05, 0.1) is 0 Å². The first kappa shape index (κ1) is 21.2. The summed E-state index contributed by atoms with van der Waals surface area (Å²) in [7, 11) is 0. The standard InChI is InChI=1S/C16H25BrN2.2ClH/c1-3-4-5-16(19-10-8-18-9-11-19)14-7-6-13(2)12-15(14)17;;/h6-7,12,16,18H,3-5,8-11H2,1-2H3;2*1H/t16-;;/m1../s1. The van der Waals surface area contributed by atoms with Crippen molar-refractivity contribution in [1.29, 1.82) is 0 Å². The number of halogens is 3. The van der Waals surface area contributed by atoms with E-state index in [1.54, 1.807) is 0 Å². The van der Waals surface area contributed by atoms with Gasteiger partial charge in [0.25, 0.3) is 0 Å². The Morgan fingerprint density at radius 1 is 1.24 bits per heavy atom. The van der Waals surface area contributed by atoms with Crippen molar-refractivity contribution in [3.8, 4) is 0 Å². The van der Waals surface area contributed by atoms with Crippen molar-refractivity contribution in [3.63, 3.8) is 0 Å². The van der Waals surface area contributed by atoms with E-state index in [0.29, 0.717) is 6.04 Å². The van der Waals surface area contributed by atoms with Crippen molar-refractivity contribution in [2.24, 2.45) is 0 Å². The molecule has 0 bridgehead atoms. The fraction of sp³-hybridized carbons (Fsp3) is 0.625. The minimum Gasteiger partial charge on any atom is -0.314 e. The van der Waals surface area contributed by atoms with Crippen LogP contribution in [0.4, 0.5) is 0 Å². The lowest BCUT2D eigenvalue weighted by Crippen LogP contribution is -2.45. The average Bonchev–Trinajstić information content (AvgIpc) is 2.42. The van der Waals surface area contributed by atoms with E-state index < -0.39 is 0 Å². The topological polar surface area (TPSA) is 15.3 Å². The number of hydrogen-bond acceptors (Lipinski definition) is 2. The molecule has 21 heavy (non-hydrogen) atoms. The molecule has 1 heterocycles. The molecule has 1 atom stereocenters. The predicted octanol–water partition coefficient (Wildman–Crippen LogP) is 4.74. The van der Waals surface area contributed by atoms with Gasteiger partial charge >= 0.3 is 0 Å². The van der Waals surface area contributed by atoms with Crippen LogP contribution in [-0.4, -0.2) is 31.1 Å². The number of unbranched alkanes of at least 4 members (excludes halogenated alkanes) is 1. The number of hydrogen-bond donors (Lipinski definition) is 1. The second-order valence-electron chi connectivity index (χ2n) is 5.47. The van der Waals surface area contributed by atoms with Crippen LogP contribution in [0.15, 0.2) is 22.7 Å². The molecule has 2 nitrogen and oxygen atoms in total. The Hall–Kier alpha value is 0.200. The zero-order chi connectivity index (χ0) is 13.7. The molecule has 0 radical (unpaired) electrons. The molecule has 1 saturated heterocycles. The molecule has 0 unspecified atom stereocenters. The maximum absolute atomic E-state index is 3.76. The lowest BCUT2D eigenvalue weighted by atomic mass is 9.98. The molecule has 1 aliphatic heterocycles. The minimum absolute atomic E-state index is 0. The molecular formula is C16H27BrCl2N2. The predicted molar refractivity (Wildman–Crippen MR) is 100 cm³/mol. The Bertz CT molecular complexity index is 409. The summed E-state index contributed by atoms with van der Waals surface area (Å²) in [4.78, 5) is 2.64. The molecule has 0 saturated carbocycles. The minimum atomic E-state index is 0. The van der Waals surface area contributed by atoms with Gasteiger partial charge in [0.15, 0.2) is 0 Å². The Labute approximate surface area is 150 Å². The lowest BCUT2D eigenvalue weighted by molar-refractivity contribution is 0.162. The molecule has 0 aromatic heterocycles. The molecule has 1 fully saturated rings. The van der Waals surface area contributed by atoms with E-state index in [0.717, 1.165) is 26.2 Å². The molecule has 1 aliphatic rings. The van der Waals surface area contributed by atoms with Crippen molar-refractivity contribution in [2.45, 2.75) is 39.2 Å². The SMILES string of the molecule is CCCC[C@H](c1ccc(C)cc1Br)N1CCNCC1.Cl.Cl. The molecule has 0 spiro atoms. The van der Waals surface area contributed by atoms with Crippen LogP contribution >= 0.6 is 40.7 Å². The van der Waals surface area contributed by atoms with Gasteiger partial charge in [0, 0.05) is 36.7 Å². The van der Waals surface area contributed by atoms with Gasteiger partial charge in [-0.25, -0.2) is 0 Å². The van der Waals surface area contributed by atoms with E-state index in [1.165, 1.54) is 34.9 Å². The van der Waals surface area contributed by atoms with Crippen molar-refractivity contribution < 1.29 is 0 Å². The molecular weight excluding hydrogens is 371 g/mol. The van der Waals surface area contributed by atoms with E-state index in [-0.39, 0.29) is 24.8 Å². The van der Waals surface area contributed by atoms with Crippen molar-refractivity contribution in [2.75, 3.05) is 26.2 Å². The molecule has 122 valence electrons. The Kier molecular flexibility index (Phi) is 11.0. The van der Waals surface area contributed by atoms with E-state index in [2.05, 4.69) is 58.2 Å². The van der Waals surface area contributed by atoms with Crippen molar-refractivity contribution in [3.05, 3.63) is 33.8 Å². The number of aryl methyl sites for hydroxylation is 1. The Balaban J connectivity index is 0.00000200. The van der Waals surface area contributed by atoms with Gasteiger partial charge in [-0.2, -0.15) is 0 Å². The molecule has 2 rings (SSSR count). The Morgan fingerprint density at radius 2 is 1.90 bits per heavy atom. The highest BCUT2D eigenvalue weighted by Gasteiger charge is 2.23. The third kappa shape index (κ3) is 6.07. The second-order valence-corrected chi connectivity index (χ2v) is 6.32. The highest BCUT2D eigenvalue weighted by molar-refractivity contribution is 9.10. The zero-order valence-electron chi connectivity index (χ0n) is 12.9. The van der Waals surface area contributed by atoms with E-state index >= 15 is 0 Å². The first-order valence-corrected chi connectivity index (χ1v) is 8.22. The number of benzene rings is 1. The van der Waals surface area contributed by atoms with E-state index in [1.807, 2.05) is 0 Å². The number of nitrogens with one attached hydrogen (secondary N) is 1. The number of nitrogens with zero attached hydrogens (tertiary/aromatic N) is 1. The summed E-state index contributed by atoms with van der Waals surface area (Å²) in [6, 6.07) is 7.36. The maximum atomic E-state index is 3.76. The van der Waals surface area contributed by atoms with Crippen LogP contribution in [0.3, 0.4) is 0 Å². The summed E-state index contributed by atoms with van der Waals surface area (Å²) in [6.45, 7) is 8.99. The molecule has 0 amide bonds. The monoisotopic (exact) mass is 396 g/mol. The summed E-state index contributed by atoms with van der Waals surface area (Å²) < 4.78 is 1.27. The van der Waals surface area contributed by atoms with Gasteiger partial charge in [0.2, 0.25) is 0 Å². The highest BCUT2D eigenvalue weighted by Crippen LogP contribution is 2.32. The third-order valence-electron chi connectivity index (χ3n) is 3.94. The highest BCUT2D eigenvalue weighted by atomic mass is 79.9.